The van der Waals surface area contributed by atoms with Gasteiger partial charge in [-0.2, -0.15) is 8.78 Å². The molecule has 0 aromatic heterocycles. The van der Waals surface area contributed by atoms with Crippen LogP contribution in [0.15, 0.2) is 24.3 Å². The van der Waals surface area contributed by atoms with Crippen LogP contribution in [0.2, 0.25) is 0 Å². The molecule has 0 heterocycles. The Morgan fingerprint density at radius 2 is 1.20 bits per heavy atom. The van der Waals surface area contributed by atoms with Gasteiger partial charge in [0, 0.05) is 0 Å². The molecule has 0 N–H and O–H groups in total. The van der Waals surface area contributed by atoms with Gasteiger partial charge in [0.25, 0.3) is 0 Å². The van der Waals surface area contributed by atoms with Crippen LogP contribution in [0.1, 0.15) is 40.5 Å². The molecule has 30 heavy (non-hydrogen) atoms. The summed E-state index contributed by atoms with van der Waals surface area (Å²) in [6.45, 7) is 0.799. The van der Waals surface area contributed by atoms with Crippen LogP contribution < -0.4 is 4.74 Å². The minimum atomic E-state index is -2.31. The Hall–Kier alpha value is -3.17. The van der Waals surface area contributed by atoms with Crippen molar-refractivity contribution in [3.8, 4) is 5.75 Å². The van der Waals surface area contributed by atoms with Crippen LogP contribution in [0, 0.1) is 29.1 Å². The second-order valence-corrected chi connectivity index (χ2v) is 5.92. The number of hydrogen-bond donors (Lipinski definition) is 0. The Balaban J connectivity index is 1.99. The lowest BCUT2D eigenvalue weighted by atomic mass is 10.1. The van der Waals surface area contributed by atoms with Crippen LogP contribution in [0.5, 0.6) is 5.75 Å². The van der Waals surface area contributed by atoms with Gasteiger partial charge in [0.05, 0.1) is 17.7 Å². The molecule has 10 heteroatoms. The smallest absolute Gasteiger partial charge is 0.339 e. The molecular formula is C20H17F5O5. The molecule has 5 nitrogen and oxygen atoms in total. The number of esters is 2. The third-order valence-corrected chi connectivity index (χ3v) is 3.83. The Morgan fingerprint density at radius 1 is 0.733 bits per heavy atom. The molecule has 0 spiro atoms. The van der Waals surface area contributed by atoms with Crippen molar-refractivity contribution < 1.29 is 45.8 Å². The van der Waals surface area contributed by atoms with E-state index in [0.717, 1.165) is 6.42 Å². The number of hydrogen-bond acceptors (Lipinski definition) is 5. The highest BCUT2D eigenvalue weighted by Gasteiger charge is 2.27. The maximum absolute atomic E-state index is 13.5. The summed E-state index contributed by atoms with van der Waals surface area (Å²) in [4.78, 5) is 24.3. The van der Waals surface area contributed by atoms with E-state index in [1.807, 2.05) is 6.92 Å². The molecule has 0 atom stereocenters. The van der Waals surface area contributed by atoms with Gasteiger partial charge in [0.1, 0.15) is 13.2 Å². The molecule has 0 saturated heterocycles. The molecule has 0 amide bonds. The van der Waals surface area contributed by atoms with E-state index in [1.165, 1.54) is 24.3 Å². The van der Waals surface area contributed by atoms with Crippen molar-refractivity contribution in [3.63, 3.8) is 0 Å². The molecule has 0 aliphatic carbocycles. The molecule has 0 aliphatic rings. The van der Waals surface area contributed by atoms with Gasteiger partial charge in [0.2, 0.25) is 29.1 Å². The van der Waals surface area contributed by atoms with Gasteiger partial charge in [0.15, 0.2) is 5.75 Å². The molecule has 0 unspecified atom stereocenters. The van der Waals surface area contributed by atoms with Crippen LogP contribution in [0.4, 0.5) is 22.0 Å². The zero-order chi connectivity index (χ0) is 22.3. The largest absolute Gasteiger partial charge is 0.484 e. The molecular weight excluding hydrogens is 415 g/mol. The van der Waals surface area contributed by atoms with Crippen molar-refractivity contribution in [3.05, 3.63) is 64.5 Å². The fourth-order valence-corrected chi connectivity index (χ4v) is 2.29. The highest BCUT2D eigenvalue weighted by molar-refractivity contribution is 6.03. The topological polar surface area (TPSA) is 61.8 Å². The minimum absolute atomic E-state index is 0.0423. The van der Waals surface area contributed by atoms with Crippen molar-refractivity contribution >= 4 is 11.9 Å². The SMILES string of the molecule is CCCCOC(=O)c1ccccc1C(=O)OCCOc1c(F)c(F)c(F)c(F)c1F. The predicted octanol–water partition coefficient (Wildman–Crippen LogP) is 4.57. The zero-order valence-electron chi connectivity index (χ0n) is 15.8. The van der Waals surface area contributed by atoms with Crippen LogP contribution >= 0.6 is 0 Å². The van der Waals surface area contributed by atoms with Crippen molar-refractivity contribution in [2.24, 2.45) is 0 Å². The van der Waals surface area contributed by atoms with E-state index in [9.17, 15) is 31.5 Å². The standard InChI is InChI=1S/C20H17F5O5/c1-2-3-8-29-19(26)11-6-4-5-7-12(11)20(27)30-10-9-28-18-16(24)14(22)13(21)15(23)17(18)25/h4-7H,2-3,8-10H2,1H3. The zero-order valence-corrected chi connectivity index (χ0v) is 15.8. The maximum atomic E-state index is 13.5. The summed E-state index contributed by atoms with van der Waals surface area (Å²) in [5.74, 6) is -14.1. The van der Waals surface area contributed by atoms with Crippen LogP contribution in [-0.4, -0.2) is 31.8 Å². The minimum Gasteiger partial charge on any atom is -0.484 e. The van der Waals surface area contributed by atoms with Crippen LogP contribution in [-0.2, 0) is 9.47 Å². The summed E-state index contributed by atoms with van der Waals surface area (Å²) >= 11 is 0. The quantitative estimate of drug-likeness (QED) is 0.191. The number of carbonyl (C=O) groups excluding carboxylic acids is 2. The average Bonchev–Trinajstić information content (AvgIpc) is 2.75. The molecule has 2 rings (SSSR count). The molecule has 162 valence electrons. The Morgan fingerprint density at radius 3 is 1.70 bits per heavy atom. The van der Waals surface area contributed by atoms with Crippen molar-refractivity contribution in [1.82, 2.24) is 0 Å². The first-order chi connectivity index (χ1) is 14.3. The van der Waals surface area contributed by atoms with Gasteiger partial charge < -0.3 is 14.2 Å². The first-order valence-corrected chi connectivity index (χ1v) is 8.87. The van der Waals surface area contributed by atoms with Crippen LogP contribution in [0.25, 0.3) is 0 Å². The summed E-state index contributed by atoms with van der Waals surface area (Å²) in [6, 6.07) is 5.66. The summed E-state index contributed by atoms with van der Waals surface area (Å²) in [5.41, 5.74) is -0.158. The second-order valence-electron chi connectivity index (χ2n) is 5.92. The van der Waals surface area contributed by atoms with E-state index in [-0.39, 0.29) is 17.7 Å². The normalized spacial score (nSPS) is 10.6. The van der Waals surface area contributed by atoms with Crippen molar-refractivity contribution in [2.45, 2.75) is 19.8 Å². The van der Waals surface area contributed by atoms with Gasteiger partial charge in [-0.15, -0.1) is 0 Å². The van der Waals surface area contributed by atoms with E-state index < -0.39 is 60.0 Å². The third-order valence-electron chi connectivity index (χ3n) is 3.83. The van der Waals surface area contributed by atoms with E-state index in [4.69, 9.17) is 9.47 Å². The summed E-state index contributed by atoms with van der Waals surface area (Å²) < 4.78 is 80.7. The number of halogens is 5. The second kappa shape index (κ2) is 10.6. The van der Waals surface area contributed by atoms with Crippen LogP contribution in [0.3, 0.4) is 0 Å². The summed E-state index contributed by atoms with van der Waals surface area (Å²) in [6.07, 6.45) is 1.45. The van der Waals surface area contributed by atoms with Gasteiger partial charge in [-0.1, -0.05) is 25.5 Å². The average molecular weight is 432 g/mol. The first-order valence-electron chi connectivity index (χ1n) is 8.87. The van der Waals surface area contributed by atoms with E-state index in [0.29, 0.717) is 6.42 Å². The monoisotopic (exact) mass is 432 g/mol. The van der Waals surface area contributed by atoms with Gasteiger partial charge >= 0.3 is 11.9 Å². The van der Waals surface area contributed by atoms with E-state index in [2.05, 4.69) is 4.74 Å². The lowest BCUT2D eigenvalue weighted by Gasteiger charge is -2.12. The Bertz CT molecular complexity index is 903. The van der Waals surface area contributed by atoms with Gasteiger partial charge in [-0.25, -0.2) is 22.8 Å². The van der Waals surface area contributed by atoms with E-state index in [1.54, 1.807) is 0 Å². The molecule has 0 fully saturated rings. The highest BCUT2D eigenvalue weighted by Crippen LogP contribution is 2.29. The number of rotatable bonds is 9. The summed E-state index contributed by atoms with van der Waals surface area (Å²) in [7, 11) is 0. The maximum Gasteiger partial charge on any atom is 0.339 e. The molecule has 0 bridgehead atoms. The van der Waals surface area contributed by atoms with Gasteiger partial charge in [-0.05, 0) is 18.6 Å². The predicted molar refractivity (Wildman–Crippen MR) is 93.6 cm³/mol. The fraction of sp³-hybridized carbons (Fsp3) is 0.300. The van der Waals surface area contributed by atoms with E-state index >= 15 is 0 Å². The lowest BCUT2D eigenvalue weighted by molar-refractivity contribution is 0.0418. The Kier molecular flexibility index (Phi) is 8.14. The lowest BCUT2D eigenvalue weighted by Crippen LogP contribution is -2.17. The van der Waals surface area contributed by atoms with Crippen molar-refractivity contribution in [1.29, 1.82) is 0 Å². The third kappa shape index (κ3) is 5.25. The first kappa shape index (κ1) is 23.1. The molecule has 2 aromatic rings. The van der Waals surface area contributed by atoms with Gasteiger partial charge in [-0.3, -0.25) is 0 Å². The Labute approximate surface area is 168 Å². The fourth-order valence-electron chi connectivity index (χ4n) is 2.29. The summed E-state index contributed by atoms with van der Waals surface area (Å²) in [5, 5.41) is 0. The number of unbranched alkanes of at least 4 members (excludes halogenated alkanes) is 1. The molecule has 0 radical (unpaired) electrons. The molecule has 2 aromatic carbocycles. The number of benzene rings is 2. The molecule has 0 saturated carbocycles. The van der Waals surface area contributed by atoms with Crippen molar-refractivity contribution in [2.75, 3.05) is 19.8 Å². The number of carbonyl (C=O) groups is 2. The number of ether oxygens (including phenoxy) is 3. The molecule has 0 aliphatic heterocycles. The highest BCUT2D eigenvalue weighted by atomic mass is 19.2.